The van der Waals surface area contributed by atoms with Gasteiger partial charge in [0.15, 0.2) is 0 Å². The van der Waals surface area contributed by atoms with Crippen LogP contribution in [0.3, 0.4) is 0 Å². The van der Waals surface area contributed by atoms with Crippen LogP contribution in [0.2, 0.25) is 0 Å². The predicted octanol–water partition coefficient (Wildman–Crippen LogP) is 3.74. The first-order valence-corrected chi connectivity index (χ1v) is 10.4. The van der Waals surface area contributed by atoms with Gasteiger partial charge in [-0.25, -0.2) is 0 Å². The van der Waals surface area contributed by atoms with Crippen molar-refractivity contribution < 1.29 is 14.3 Å². The van der Waals surface area contributed by atoms with Crippen LogP contribution in [-0.4, -0.2) is 35.9 Å². The number of para-hydroxylation sites is 1. The summed E-state index contributed by atoms with van der Waals surface area (Å²) >= 11 is 0. The summed E-state index contributed by atoms with van der Waals surface area (Å²) in [6.45, 7) is 5.90. The molecule has 0 spiro atoms. The zero-order chi connectivity index (χ0) is 20.4. The average Bonchev–Trinajstić information content (AvgIpc) is 3.06. The first kappa shape index (κ1) is 19.5. The van der Waals surface area contributed by atoms with E-state index in [1.807, 2.05) is 60.4 Å². The fourth-order valence-corrected chi connectivity index (χ4v) is 4.20. The lowest BCUT2D eigenvalue weighted by molar-refractivity contribution is -0.126. The molecule has 2 aromatic rings. The highest BCUT2D eigenvalue weighted by atomic mass is 16.5. The third kappa shape index (κ3) is 4.00. The Bertz CT molecular complexity index is 888. The summed E-state index contributed by atoms with van der Waals surface area (Å²) in [5.41, 5.74) is 2.85. The molecule has 2 atom stereocenters. The number of carbonyl (C=O) groups excluding carboxylic acids is 2. The van der Waals surface area contributed by atoms with E-state index in [1.54, 1.807) is 0 Å². The summed E-state index contributed by atoms with van der Waals surface area (Å²) in [6, 6.07) is 15.7. The quantitative estimate of drug-likeness (QED) is 0.862. The van der Waals surface area contributed by atoms with Gasteiger partial charge in [-0.1, -0.05) is 49.4 Å². The molecule has 5 heteroatoms. The van der Waals surface area contributed by atoms with E-state index in [0.29, 0.717) is 38.0 Å². The monoisotopic (exact) mass is 392 g/mol. The number of amides is 2. The Balaban J connectivity index is 1.34. The van der Waals surface area contributed by atoms with Crippen molar-refractivity contribution in [1.29, 1.82) is 0 Å². The Morgan fingerprint density at radius 1 is 1.03 bits per heavy atom. The number of nitrogens with zero attached hydrogens (tertiary/aromatic N) is 1. The van der Waals surface area contributed by atoms with Gasteiger partial charge in [-0.15, -0.1) is 0 Å². The molecular formula is C24H28N2O3. The summed E-state index contributed by atoms with van der Waals surface area (Å²) in [5.74, 6) is 1.07. The van der Waals surface area contributed by atoms with E-state index in [1.165, 1.54) is 0 Å². The molecule has 0 radical (unpaired) electrons. The van der Waals surface area contributed by atoms with Gasteiger partial charge in [0.25, 0.3) is 5.91 Å². The van der Waals surface area contributed by atoms with Crippen molar-refractivity contribution in [2.24, 2.45) is 5.92 Å². The zero-order valence-electron chi connectivity index (χ0n) is 17.1. The van der Waals surface area contributed by atoms with Crippen LogP contribution < -0.4 is 10.1 Å². The Hall–Kier alpha value is -2.82. The summed E-state index contributed by atoms with van der Waals surface area (Å²) in [7, 11) is 0. The van der Waals surface area contributed by atoms with Crippen molar-refractivity contribution in [2.45, 2.75) is 45.3 Å². The minimum absolute atomic E-state index is 0.00583. The highest BCUT2D eigenvalue weighted by molar-refractivity contribution is 5.98. The SMILES string of the molecule is CC1Oc2c(C(=O)N3CCC(C(=O)NCc4ccccc4)CC3)cccc2C1C. The number of ether oxygens (including phenoxy) is 1. The number of hydrogen-bond donors (Lipinski definition) is 1. The van der Waals surface area contributed by atoms with E-state index in [0.717, 1.165) is 16.9 Å². The van der Waals surface area contributed by atoms with E-state index in [9.17, 15) is 9.59 Å². The Labute approximate surface area is 172 Å². The van der Waals surface area contributed by atoms with Gasteiger partial charge in [0.1, 0.15) is 11.9 Å². The molecule has 0 bridgehead atoms. The van der Waals surface area contributed by atoms with Crippen LogP contribution in [0.15, 0.2) is 48.5 Å². The predicted molar refractivity (Wildman–Crippen MR) is 112 cm³/mol. The lowest BCUT2D eigenvalue weighted by Gasteiger charge is -2.31. The van der Waals surface area contributed by atoms with Crippen LogP contribution in [0.5, 0.6) is 5.75 Å². The molecule has 1 saturated heterocycles. The van der Waals surface area contributed by atoms with Crippen LogP contribution in [0, 0.1) is 5.92 Å². The minimum atomic E-state index is -0.0412. The van der Waals surface area contributed by atoms with Crippen molar-refractivity contribution in [1.82, 2.24) is 10.2 Å². The Morgan fingerprint density at radius 3 is 2.48 bits per heavy atom. The molecule has 0 saturated carbocycles. The van der Waals surface area contributed by atoms with Gasteiger partial charge in [-0.3, -0.25) is 9.59 Å². The van der Waals surface area contributed by atoms with Crippen LogP contribution in [0.1, 0.15) is 54.1 Å². The topological polar surface area (TPSA) is 58.6 Å². The molecular weight excluding hydrogens is 364 g/mol. The van der Waals surface area contributed by atoms with Crippen molar-refractivity contribution in [3.05, 3.63) is 65.2 Å². The molecule has 2 aliphatic rings. The molecule has 4 rings (SSSR count). The van der Waals surface area contributed by atoms with Crippen LogP contribution >= 0.6 is 0 Å². The normalized spacial score (nSPS) is 21.4. The molecule has 1 fully saturated rings. The van der Waals surface area contributed by atoms with Gasteiger partial charge in [-0.05, 0) is 31.4 Å². The van der Waals surface area contributed by atoms with Crippen LogP contribution in [0.25, 0.3) is 0 Å². The van der Waals surface area contributed by atoms with Gasteiger partial charge in [0, 0.05) is 37.0 Å². The Morgan fingerprint density at radius 2 is 1.76 bits per heavy atom. The second-order valence-electron chi connectivity index (χ2n) is 8.11. The molecule has 2 aliphatic heterocycles. The first-order chi connectivity index (χ1) is 14.0. The maximum absolute atomic E-state index is 13.1. The second kappa shape index (κ2) is 8.27. The van der Waals surface area contributed by atoms with Gasteiger partial charge in [0.05, 0.1) is 5.56 Å². The second-order valence-corrected chi connectivity index (χ2v) is 8.11. The van der Waals surface area contributed by atoms with Crippen molar-refractivity contribution >= 4 is 11.8 Å². The third-order valence-corrected chi connectivity index (χ3v) is 6.24. The molecule has 5 nitrogen and oxygen atoms in total. The number of likely N-dealkylation sites (tertiary alicyclic amines) is 1. The standard InChI is InChI=1S/C24H28N2O3/c1-16-17(2)29-22-20(16)9-6-10-21(22)24(28)26-13-11-19(12-14-26)23(27)25-15-18-7-4-3-5-8-18/h3-10,16-17,19H,11-15H2,1-2H3,(H,25,27). The number of benzene rings is 2. The number of piperidine rings is 1. The van der Waals surface area contributed by atoms with Crippen molar-refractivity contribution in [2.75, 3.05) is 13.1 Å². The van der Waals surface area contributed by atoms with Gasteiger partial charge in [0.2, 0.25) is 5.91 Å². The highest BCUT2D eigenvalue weighted by Gasteiger charge is 2.34. The largest absolute Gasteiger partial charge is 0.489 e. The number of carbonyl (C=O) groups is 2. The lowest BCUT2D eigenvalue weighted by Crippen LogP contribution is -2.43. The highest BCUT2D eigenvalue weighted by Crippen LogP contribution is 2.40. The van der Waals surface area contributed by atoms with Crippen molar-refractivity contribution in [3.8, 4) is 5.75 Å². The molecule has 2 aromatic carbocycles. The van der Waals surface area contributed by atoms with E-state index < -0.39 is 0 Å². The van der Waals surface area contributed by atoms with Crippen LogP contribution in [-0.2, 0) is 11.3 Å². The number of fused-ring (bicyclic) bond motifs is 1. The van der Waals surface area contributed by atoms with E-state index in [2.05, 4.69) is 12.2 Å². The molecule has 1 N–H and O–H groups in total. The maximum Gasteiger partial charge on any atom is 0.257 e. The summed E-state index contributed by atoms with van der Waals surface area (Å²) in [4.78, 5) is 27.5. The fourth-order valence-electron chi connectivity index (χ4n) is 4.20. The molecule has 2 heterocycles. The molecule has 29 heavy (non-hydrogen) atoms. The lowest BCUT2D eigenvalue weighted by atomic mass is 9.94. The molecule has 2 unspecified atom stereocenters. The summed E-state index contributed by atoms with van der Waals surface area (Å²) in [6.07, 6.45) is 1.46. The number of rotatable bonds is 4. The number of hydrogen-bond acceptors (Lipinski definition) is 3. The molecule has 2 amide bonds. The summed E-state index contributed by atoms with van der Waals surface area (Å²) < 4.78 is 5.98. The van der Waals surface area contributed by atoms with Gasteiger partial charge >= 0.3 is 0 Å². The van der Waals surface area contributed by atoms with E-state index in [4.69, 9.17) is 4.74 Å². The average molecular weight is 392 g/mol. The van der Waals surface area contributed by atoms with Gasteiger partial charge < -0.3 is 15.0 Å². The smallest absolute Gasteiger partial charge is 0.257 e. The maximum atomic E-state index is 13.1. The summed E-state index contributed by atoms with van der Waals surface area (Å²) in [5, 5.41) is 3.03. The number of nitrogens with one attached hydrogen (secondary N) is 1. The first-order valence-electron chi connectivity index (χ1n) is 10.4. The third-order valence-electron chi connectivity index (χ3n) is 6.24. The van der Waals surface area contributed by atoms with Crippen LogP contribution in [0.4, 0.5) is 0 Å². The molecule has 0 aliphatic carbocycles. The Kier molecular flexibility index (Phi) is 5.56. The zero-order valence-corrected chi connectivity index (χ0v) is 17.1. The minimum Gasteiger partial charge on any atom is -0.489 e. The van der Waals surface area contributed by atoms with Crippen molar-refractivity contribution in [3.63, 3.8) is 0 Å². The van der Waals surface area contributed by atoms with E-state index in [-0.39, 0.29) is 29.8 Å². The van der Waals surface area contributed by atoms with E-state index >= 15 is 0 Å². The fraction of sp³-hybridized carbons (Fsp3) is 0.417. The van der Waals surface area contributed by atoms with Gasteiger partial charge in [-0.2, -0.15) is 0 Å². The molecule has 0 aromatic heterocycles. The molecule has 152 valence electrons.